The lowest BCUT2D eigenvalue weighted by Crippen LogP contribution is -2.31. The fourth-order valence-corrected chi connectivity index (χ4v) is 3.23. The molecule has 0 aliphatic carbocycles. The maximum atomic E-state index is 14.2. The average Bonchev–Trinajstić information content (AvgIpc) is 3.15. The van der Waals surface area contributed by atoms with Crippen LogP contribution in [-0.2, 0) is 6.54 Å². The molecule has 0 radical (unpaired) electrons. The van der Waals surface area contributed by atoms with Crippen LogP contribution in [0.4, 0.5) is 21.0 Å². The summed E-state index contributed by atoms with van der Waals surface area (Å²) in [5.41, 5.74) is 0.687. The Kier molecular flexibility index (Phi) is 7.09. The summed E-state index contributed by atoms with van der Waals surface area (Å²) >= 11 is 1.45. The number of hydrogen-bond acceptors (Lipinski definition) is 7. The predicted octanol–water partition coefficient (Wildman–Crippen LogP) is 3.32. The van der Waals surface area contributed by atoms with Gasteiger partial charge in [-0.25, -0.2) is 14.4 Å². The number of rotatable bonds is 9. The molecule has 3 aromatic rings. The van der Waals surface area contributed by atoms with Crippen LogP contribution in [0.15, 0.2) is 48.8 Å². The molecule has 7 nitrogen and oxygen atoms in total. The molecular formula is C20H23FN6OS. The van der Waals surface area contributed by atoms with Gasteiger partial charge < -0.3 is 20.9 Å². The van der Waals surface area contributed by atoms with Crippen LogP contribution in [0.25, 0.3) is 0 Å². The molecule has 1 amide bonds. The van der Waals surface area contributed by atoms with Crippen molar-refractivity contribution in [1.29, 1.82) is 0 Å². The highest BCUT2D eigenvalue weighted by atomic mass is 32.1. The van der Waals surface area contributed by atoms with Gasteiger partial charge in [0.2, 0.25) is 0 Å². The molecular weight excluding hydrogens is 391 g/mol. The summed E-state index contributed by atoms with van der Waals surface area (Å²) in [6.45, 7) is 1.65. The van der Waals surface area contributed by atoms with E-state index < -0.39 is 5.82 Å². The molecule has 0 saturated heterocycles. The van der Waals surface area contributed by atoms with Crippen LogP contribution in [0.3, 0.4) is 0 Å². The number of amides is 1. The number of halogens is 1. The molecule has 2 heterocycles. The van der Waals surface area contributed by atoms with Gasteiger partial charge in [0, 0.05) is 35.9 Å². The second-order valence-electron chi connectivity index (χ2n) is 6.58. The van der Waals surface area contributed by atoms with Gasteiger partial charge in [0.1, 0.15) is 11.6 Å². The summed E-state index contributed by atoms with van der Waals surface area (Å²) in [5.74, 6) is 0.0705. The van der Waals surface area contributed by atoms with E-state index in [4.69, 9.17) is 0 Å². The smallest absolute Gasteiger partial charge is 0.251 e. The zero-order valence-corrected chi connectivity index (χ0v) is 17.1. The zero-order chi connectivity index (χ0) is 20.6. The van der Waals surface area contributed by atoms with Crippen LogP contribution in [0, 0.1) is 5.82 Å². The Bertz CT molecular complexity index is 947. The Morgan fingerprint density at radius 2 is 2.07 bits per heavy atom. The third-order valence-corrected chi connectivity index (χ3v) is 4.89. The third-order valence-electron chi connectivity index (χ3n) is 3.98. The molecule has 3 rings (SSSR count). The van der Waals surface area contributed by atoms with Crippen LogP contribution in [0.5, 0.6) is 0 Å². The number of nitrogens with zero attached hydrogens (tertiary/aromatic N) is 3. The number of carbonyl (C=O) groups excluding carboxylic acids is 1. The molecule has 9 heteroatoms. The Balaban J connectivity index is 1.58. The standard InChI is InChI=1S/C20H23FN6OS/c1-27(2)10-9-23-19(28)14-6-7-16(21)17(11-14)24-12-15-13-25-20(29-15)26-18-5-3-4-8-22-18/h3-8,11,13,24H,9-10,12H2,1-2H3,(H,23,28)(H,22,25,26). The van der Waals surface area contributed by atoms with Gasteiger partial charge >= 0.3 is 0 Å². The molecule has 29 heavy (non-hydrogen) atoms. The van der Waals surface area contributed by atoms with E-state index in [1.807, 2.05) is 37.2 Å². The van der Waals surface area contributed by atoms with Gasteiger partial charge in [-0.15, -0.1) is 0 Å². The van der Waals surface area contributed by atoms with E-state index in [9.17, 15) is 9.18 Å². The largest absolute Gasteiger partial charge is 0.378 e. The molecule has 152 valence electrons. The minimum Gasteiger partial charge on any atom is -0.378 e. The van der Waals surface area contributed by atoms with Crippen molar-refractivity contribution in [1.82, 2.24) is 20.2 Å². The first kappa shape index (κ1) is 20.7. The molecule has 0 bridgehead atoms. The van der Waals surface area contributed by atoms with Crippen LogP contribution < -0.4 is 16.0 Å². The third kappa shape index (κ3) is 6.23. The van der Waals surface area contributed by atoms with Crippen molar-refractivity contribution in [3.8, 4) is 0 Å². The number of likely N-dealkylation sites (N-methyl/N-ethyl adjacent to an activating group) is 1. The average molecular weight is 415 g/mol. The van der Waals surface area contributed by atoms with Gasteiger partial charge in [-0.3, -0.25) is 4.79 Å². The Morgan fingerprint density at radius 1 is 1.21 bits per heavy atom. The first-order valence-electron chi connectivity index (χ1n) is 9.10. The topological polar surface area (TPSA) is 82.2 Å². The molecule has 0 spiro atoms. The second-order valence-corrected chi connectivity index (χ2v) is 7.69. The summed E-state index contributed by atoms with van der Waals surface area (Å²) in [5, 5.41) is 9.69. The van der Waals surface area contributed by atoms with Gasteiger partial charge in [0.05, 0.1) is 12.2 Å². The van der Waals surface area contributed by atoms with Gasteiger partial charge in [0.15, 0.2) is 5.13 Å². The van der Waals surface area contributed by atoms with Crippen molar-refractivity contribution in [2.45, 2.75) is 6.54 Å². The van der Waals surface area contributed by atoms with Crippen LogP contribution in [0.1, 0.15) is 15.2 Å². The molecule has 0 fully saturated rings. The van der Waals surface area contributed by atoms with Crippen LogP contribution >= 0.6 is 11.3 Å². The SMILES string of the molecule is CN(C)CCNC(=O)c1ccc(F)c(NCc2cnc(Nc3ccccn3)s2)c1. The number of benzene rings is 1. The van der Waals surface area contributed by atoms with Crippen molar-refractivity contribution < 1.29 is 9.18 Å². The summed E-state index contributed by atoms with van der Waals surface area (Å²) in [6.07, 6.45) is 3.42. The molecule has 3 N–H and O–H groups in total. The number of aromatic nitrogens is 2. The van der Waals surface area contributed by atoms with E-state index in [1.165, 1.54) is 29.5 Å². The summed E-state index contributed by atoms with van der Waals surface area (Å²) in [4.78, 5) is 23.6. The Morgan fingerprint density at radius 3 is 2.83 bits per heavy atom. The van der Waals surface area contributed by atoms with Crippen molar-refractivity contribution >= 4 is 33.9 Å². The maximum absolute atomic E-state index is 14.2. The zero-order valence-electron chi connectivity index (χ0n) is 16.3. The Hall–Kier alpha value is -3.04. The number of pyridine rings is 1. The van der Waals surface area contributed by atoms with E-state index in [0.29, 0.717) is 29.6 Å². The van der Waals surface area contributed by atoms with E-state index in [-0.39, 0.29) is 11.6 Å². The lowest BCUT2D eigenvalue weighted by atomic mass is 10.1. The van der Waals surface area contributed by atoms with E-state index in [0.717, 1.165) is 11.4 Å². The van der Waals surface area contributed by atoms with Gasteiger partial charge in [-0.2, -0.15) is 0 Å². The van der Waals surface area contributed by atoms with E-state index in [1.54, 1.807) is 12.4 Å². The monoisotopic (exact) mass is 414 g/mol. The molecule has 0 unspecified atom stereocenters. The highest BCUT2D eigenvalue weighted by Gasteiger charge is 2.10. The minimum absolute atomic E-state index is 0.227. The summed E-state index contributed by atoms with van der Waals surface area (Å²) < 4.78 is 14.2. The predicted molar refractivity (Wildman–Crippen MR) is 114 cm³/mol. The quantitative estimate of drug-likeness (QED) is 0.498. The number of nitrogens with one attached hydrogen (secondary N) is 3. The first-order valence-corrected chi connectivity index (χ1v) is 9.92. The summed E-state index contributed by atoms with van der Waals surface area (Å²) in [6, 6.07) is 9.88. The number of hydrogen-bond donors (Lipinski definition) is 3. The lowest BCUT2D eigenvalue weighted by molar-refractivity contribution is 0.0951. The first-order chi connectivity index (χ1) is 14.0. The number of carbonyl (C=O) groups is 1. The molecule has 0 aliphatic heterocycles. The number of anilines is 3. The molecule has 1 aromatic carbocycles. The molecule has 2 aromatic heterocycles. The highest BCUT2D eigenvalue weighted by Crippen LogP contribution is 2.23. The normalized spacial score (nSPS) is 10.8. The second kappa shape index (κ2) is 9.94. The van der Waals surface area contributed by atoms with Crippen LogP contribution in [-0.4, -0.2) is 48.0 Å². The lowest BCUT2D eigenvalue weighted by Gasteiger charge is -2.12. The van der Waals surface area contributed by atoms with Gasteiger partial charge in [0.25, 0.3) is 5.91 Å². The molecule has 0 saturated carbocycles. The van der Waals surface area contributed by atoms with Crippen molar-refractivity contribution in [2.75, 3.05) is 37.8 Å². The van der Waals surface area contributed by atoms with Crippen LogP contribution in [0.2, 0.25) is 0 Å². The maximum Gasteiger partial charge on any atom is 0.251 e. The van der Waals surface area contributed by atoms with Gasteiger partial charge in [-0.1, -0.05) is 17.4 Å². The summed E-state index contributed by atoms with van der Waals surface area (Å²) in [7, 11) is 3.87. The van der Waals surface area contributed by atoms with E-state index >= 15 is 0 Å². The molecule has 0 aliphatic rings. The van der Waals surface area contributed by atoms with Crippen molar-refractivity contribution in [3.05, 3.63) is 65.0 Å². The molecule has 0 atom stereocenters. The van der Waals surface area contributed by atoms with Crippen molar-refractivity contribution in [2.24, 2.45) is 0 Å². The highest BCUT2D eigenvalue weighted by molar-refractivity contribution is 7.15. The Labute approximate surface area is 173 Å². The van der Waals surface area contributed by atoms with Gasteiger partial charge in [-0.05, 0) is 44.4 Å². The fourth-order valence-electron chi connectivity index (χ4n) is 2.47. The van der Waals surface area contributed by atoms with Crippen molar-refractivity contribution in [3.63, 3.8) is 0 Å². The number of thiazole rings is 1. The fraction of sp³-hybridized carbons (Fsp3) is 0.250. The minimum atomic E-state index is -0.411. The van der Waals surface area contributed by atoms with E-state index in [2.05, 4.69) is 25.9 Å².